The van der Waals surface area contributed by atoms with E-state index >= 15 is 0 Å². The van der Waals surface area contributed by atoms with Gasteiger partial charge >= 0.3 is 0 Å². The summed E-state index contributed by atoms with van der Waals surface area (Å²) in [7, 11) is 0. The molecule has 5 N–H and O–H groups in total. The maximum Gasteiger partial charge on any atom is 0.257 e. The van der Waals surface area contributed by atoms with E-state index in [-0.39, 0.29) is 16.9 Å². The van der Waals surface area contributed by atoms with Gasteiger partial charge in [0.15, 0.2) is 11.1 Å². The largest absolute Gasteiger partial charge is 0.391 e. The van der Waals surface area contributed by atoms with Gasteiger partial charge in [0.25, 0.3) is 5.56 Å². The first-order chi connectivity index (χ1) is 8.87. The lowest BCUT2D eigenvalue weighted by Crippen LogP contribution is -2.23. The molecular weight excluding hydrogens is 276 g/mol. The molecule has 0 aliphatic carbocycles. The molecular formula is C10H18N2O6S. The van der Waals surface area contributed by atoms with Gasteiger partial charge in [-0.2, -0.15) is 0 Å². The van der Waals surface area contributed by atoms with Crippen molar-refractivity contribution in [2.24, 2.45) is 0 Å². The van der Waals surface area contributed by atoms with Crippen molar-refractivity contribution >= 4 is 12.2 Å². The number of ether oxygens (including phenoxy) is 1. The van der Waals surface area contributed by atoms with E-state index in [1.54, 1.807) is 6.92 Å². The van der Waals surface area contributed by atoms with Crippen molar-refractivity contribution in [3.05, 3.63) is 26.9 Å². The van der Waals surface area contributed by atoms with Crippen molar-refractivity contribution in [3.63, 3.8) is 0 Å². The summed E-state index contributed by atoms with van der Waals surface area (Å²) in [4.78, 5) is 13.7. The van der Waals surface area contributed by atoms with Crippen molar-refractivity contribution in [3.8, 4) is 0 Å². The second-order valence-corrected chi connectivity index (χ2v) is 3.84. The van der Waals surface area contributed by atoms with Gasteiger partial charge in [-0.15, -0.1) is 0 Å². The van der Waals surface area contributed by atoms with Crippen LogP contribution in [0.5, 0.6) is 0 Å². The fourth-order valence-corrected chi connectivity index (χ4v) is 1.55. The summed E-state index contributed by atoms with van der Waals surface area (Å²) in [6.45, 7) is 2.01. The fraction of sp³-hybridized carbons (Fsp3) is 0.600. The molecule has 2 atom stereocenters. The summed E-state index contributed by atoms with van der Waals surface area (Å²) < 4.78 is 6.73. The maximum atomic E-state index is 11.3. The highest BCUT2D eigenvalue weighted by molar-refractivity contribution is 7.71. The number of rotatable bonds is 4. The Morgan fingerprint density at radius 3 is 2.37 bits per heavy atom. The molecule has 1 aromatic heterocycles. The van der Waals surface area contributed by atoms with Crippen LogP contribution in [-0.2, 0) is 11.3 Å². The number of H-pyrrole nitrogens is 1. The number of aromatic nitrogens is 2. The molecule has 1 aromatic rings. The number of hydrogen-bond acceptors (Lipinski definition) is 7. The molecule has 0 aromatic carbocycles. The maximum absolute atomic E-state index is 11.3. The van der Waals surface area contributed by atoms with Crippen LogP contribution in [0.1, 0.15) is 25.6 Å². The van der Waals surface area contributed by atoms with E-state index in [9.17, 15) is 4.79 Å². The Bertz CT molecular complexity index is 484. The lowest BCUT2D eigenvalue weighted by molar-refractivity contribution is -0.143. The zero-order valence-corrected chi connectivity index (χ0v) is 11.4. The summed E-state index contributed by atoms with van der Waals surface area (Å²) in [6.07, 6.45) is -0.0649. The van der Waals surface area contributed by atoms with Crippen LogP contribution in [0.15, 0.2) is 11.0 Å². The van der Waals surface area contributed by atoms with Crippen LogP contribution in [-0.4, -0.2) is 43.1 Å². The average molecular weight is 294 g/mol. The first kappa shape index (κ1) is 17.9. The molecule has 0 spiro atoms. The zero-order chi connectivity index (χ0) is 15.0. The highest BCUT2D eigenvalue weighted by Gasteiger charge is 2.10. The molecule has 0 aliphatic rings. The van der Waals surface area contributed by atoms with Gasteiger partial charge in [-0.1, -0.05) is 0 Å². The van der Waals surface area contributed by atoms with Crippen LogP contribution in [0.25, 0.3) is 0 Å². The van der Waals surface area contributed by atoms with E-state index in [0.717, 1.165) is 0 Å². The second-order valence-electron chi connectivity index (χ2n) is 3.46. The van der Waals surface area contributed by atoms with Gasteiger partial charge in [-0.3, -0.25) is 14.3 Å². The van der Waals surface area contributed by atoms with Crippen molar-refractivity contribution in [1.29, 1.82) is 0 Å². The standard InChI is InChI=1S/C9H14N2O4S.CH4O2/c1-5(15-6(2)13)11-3-7(4-12)8(14)10-9(11)16;2-1-3/h3,5-6,12-13H,4H2,1-2H3,(H,10,14,16);2-3H,1H2/t5?,6-;/m0./s1. The number of nitrogens with zero attached hydrogens (tertiary/aromatic N) is 1. The monoisotopic (exact) mass is 294 g/mol. The third-order valence-corrected chi connectivity index (χ3v) is 2.31. The number of nitrogens with one attached hydrogen (secondary N) is 1. The normalized spacial score (nSPS) is 13.4. The first-order valence-corrected chi connectivity index (χ1v) is 5.78. The molecule has 1 rings (SSSR count). The van der Waals surface area contributed by atoms with Crippen molar-refractivity contribution < 1.29 is 25.2 Å². The SMILES string of the molecule is CC(O[C@@H](C)O)n1cc(CO)c(=O)[nH]c1=S.OCO. The van der Waals surface area contributed by atoms with Crippen molar-refractivity contribution in [1.82, 2.24) is 9.55 Å². The van der Waals surface area contributed by atoms with Crippen LogP contribution >= 0.6 is 12.2 Å². The molecule has 0 saturated heterocycles. The van der Waals surface area contributed by atoms with E-state index in [1.165, 1.54) is 17.7 Å². The lowest BCUT2D eigenvalue weighted by Gasteiger charge is -2.18. The average Bonchev–Trinajstić information content (AvgIpc) is 2.29. The molecule has 0 saturated carbocycles. The summed E-state index contributed by atoms with van der Waals surface area (Å²) in [5.41, 5.74) is -0.234. The Balaban J connectivity index is 0.000000982. The molecule has 19 heavy (non-hydrogen) atoms. The van der Waals surface area contributed by atoms with E-state index in [2.05, 4.69) is 4.98 Å². The lowest BCUT2D eigenvalue weighted by atomic mass is 10.3. The molecule has 1 unspecified atom stereocenters. The highest BCUT2D eigenvalue weighted by Crippen LogP contribution is 2.09. The Morgan fingerprint density at radius 2 is 1.95 bits per heavy atom. The molecule has 0 aliphatic heterocycles. The quantitative estimate of drug-likeness (QED) is 0.363. The van der Waals surface area contributed by atoms with Gasteiger partial charge in [0.1, 0.15) is 13.0 Å². The van der Waals surface area contributed by atoms with Gasteiger partial charge in [0.2, 0.25) is 0 Å². The fourth-order valence-electron chi connectivity index (χ4n) is 1.26. The van der Waals surface area contributed by atoms with Crippen LogP contribution < -0.4 is 5.56 Å². The third-order valence-electron chi connectivity index (χ3n) is 2.00. The van der Waals surface area contributed by atoms with Crippen LogP contribution in [0.3, 0.4) is 0 Å². The van der Waals surface area contributed by atoms with Crippen molar-refractivity contribution in [2.75, 3.05) is 6.79 Å². The van der Waals surface area contributed by atoms with E-state index < -0.39 is 24.9 Å². The number of aliphatic hydroxyl groups excluding tert-OH is 3. The van der Waals surface area contributed by atoms with E-state index in [0.29, 0.717) is 0 Å². The minimum absolute atomic E-state index is 0.176. The molecule has 9 heteroatoms. The molecule has 8 nitrogen and oxygen atoms in total. The topological polar surface area (TPSA) is 128 Å². The van der Waals surface area contributed by atoms with E-state index in [4.69, 9.17) is 37.4 Å². The number of aromatic amines is 1. The van der Waals surface area contributed by atoms with Crippen LogP contribution in [0.4, 0.5) is 0 Å². The first-order valence-electron chi connectivity index (χ1n) is 5.37. The van der Waals surface area contributed by atoms with Gasteiger partial charge in [-0.05, 0) is 26.1 Å². The molecule has 0 fully saturated rings. The van der Waals surface area contributed by atoms with Gasteiger partial charge < -0.3 is 25.2 Å². The number of hydrogen-bond donors (Lipinski definition) is 5. The Hall–Kier alpha value is -1.10. The number of aliphatic hydroxyl groups is 4. The second kappa shape index (κ2) is 8.91. The van der Waals surface area contributed by atoms with Gasteiger partial charge in [0.05, 0.1) is 12.2 Å². The Morgan fingerprint density at radius 1 is 1.42 bits per heavy atom. The zero-order valence-electron chi connectivity index (χ0n) is 10.6. The summed E-state index contributed by atoms with van der Waals surface area (Å²) in [5, 5.41) is 32.3. The Labute approximate surface area is 114 Å². The third kappa shape index (κ3) is 6.05. The molecule has 0 bridgehead atoms. The molecule has 1 heterocycles. The predicted molar refractivity (Wildman–Crippen MR) is 68.6 cm³/mol. The minimum Gasteiger partial charge on any atom is -0.391 e. The summed E-state index contributed by atoms with van der Waals surface area (Å²) in [6, 6.07) is 0. The summed E-state index contributed by atoms with van der Waals surface area (Å²) in [5.74, 6) is 0. The van der Waals surface area contributed by atoms with Gasteiger partial charge in [-0.25, -0.2) is 0 Å². The minimum atomic E-state index is -0.943. The predicted octanol–water partition coefficient (Wildman–Crippen LogP) is -0.800. The highest BCUT2D eigenvalue weighted by atomic mass is 32.1. The van der Waals surface area contributed by atoms with Gasteiger partial charge in [0, 0.05) is 6.20 Å². The van der Waals surface area contributed by atoms with Crippen LogP contribution in [0.2, 0.25) is 0 Å². The molecule has 110 valence electrons. The molecule has 0 radical (unpaired) electrons. The van der Waals surface area contributed by atoms with E-state index in [1.807, 2.05) is 0 Å². The van der Waals surface area contributed by atoms with Crippen molar-refractivity contribution in [2.45, 2.75) is 33.0 Å². The molecule has 0 amide bonds. The smallest absolute Gasteiger partial charge is 0.257 e. The summed E-state index contributed by atoms with van der Waals surface area (Å²) >= 11 is 4.94. The van der Waals surface area contributed by atoms with Crippen LogP contribution in [0, 0.1) is 4.77 Å². The Kier molecular flexibility index (Phi) is 8.39.